The Balaban J connectivity index is 5.61. The molecule has 0 amide bonds. The second-order valence-electron chi connectivity index (χ2n) is 2.84. The Hall–Kier alpha value is -2.19. The third kappa shape index (κ3) is 3.90. The number of rotatable bonds is 2. The van der Waals surface area contributed by atoms with Gasteiger partial charge in [0.05, 0.1) is 18.1 Å². The van der Waals surface area contributed by atoms with Crippen molar-refractivity contribution in [1.29, 1.82) is 10.5 Å². The number of terminal acetylenes is 1. The minimum absolute atomic E-state index is 0.169. The molecule has 82 valence electrons. The molecule has 0 heterocycles. The fourth-order valence-corrected chi connectivity index (χ4v) is 0.911. The van der Waals surface area contributed by atoms with Crippen LogP contribution in [0.3, 0.4) is 0 Å². The smallest absolute Gasteiger partial charge is 0.198 e. The van der Waals surface area contributed by atoms with Crippen molar-refractivity contribution < 1.29 is 13.2 Å². The van der Waals surface area contributed by atoms with Crippen molar-refractivity contribution in [3.05, 3.63) is 22.8 Å². The van der Waals surface area contributed by atoms with E-state index in [1.165, 1.54) is 13.0 Å². The zero-order chi connectivity index (χ0) is 12.8. The van der Waals surface area contributed by atoms with Crippen molar-refractivity contribution in [2.75, 3.05) is 0 Å². The van der Waals surface area contributed by atoms with E-state index in [0.717, 1.165) is 0 Å². The SMILES string of the molecule is C#C/C(C#N)=C\C(=C(/C)CC#N)C(F)(F)F. The van der Waals surface area contributed by atoms with Gasteiger partial charge in [-0.05, 0) is 18.6 Å². The summed E-state index contributed by atoms with van der Waals surface area (Å²) in [6.07, 6.45) is 0.438. The van der Waals surface area contributed by atoms with Crippen molar-refractivity contribution in [2.24, 2.45) is 0 Å². The minimum atomic E-state index is -4.63. The van der Waals surface area contributed by atoms with Crippen LogP contribution in [0.5, 0.6) is 0 Å². The molecule has 0 aromatic rings. The molecule has 0 radical (unpaired) electrons. The van der Waals surface area contributed by atoms with Gasteiger partial charge >= 0.3 is 6.18 Å². The second kappa shape index (κ2) is 5.63. The number of nitrogens with zero attached hydrogens (tertiary/aromatic N) is 2. The average molecular weight is 224 g/mol. The van der Waals surface area contributed by atoms with E-state index in [-0.39, 0.29) is 12.0 Å². The summed E-state index contributed by atoms with van der Waals surface area (Å²) in [5.41, 5.74) is -1.63. The maximum Gasteiger partial charge on any atom is 0.416 e. The van der Waals surface area contributed by atoms with E-state index in [1.54, 1.807) is 6.07 Å². The first-order chi connectivity index (χ1) is 7.36. The molecule has 0 saturated heterocycles. The standard InChI is InChI=1S/C11H7F3N2/c1-3-9(7-16)6-10(11(12,13)14)8(2)4-5-15/h1,6H,4H2,2H3/b9-6+,10-8-. The lowest BCUT2D eigenvalue weighted by Crippen LogP contribution is -2.12. The molecule has 0 aliphatic carbocycles. The number of nitriles is 2. The third-order valence-electron chi connectivity index (χ3n) is 1.67. The zero-order valence-corrected chi connectivity index (χ0v) is 8.39. The van der Waals surface area contributed by atoms with Gasteiger partial charge in [-0.2, -0.15) is 23.7 Å². The number of hydrogen-bond acceptors (Lipinski definition) is 2. The van der Waals surface area contributed by atoms with E-state index in [1.807, 2.05) is 5.92 Å². The van der Waals surface area contributed by atoms with Crippen LogP contribution in [-0.2, 0) is 0 Å². The van der Waals surface area contributed by atoms with Gasteiger partial charge in [0.1, 0.15) is 11.6 Å². The molecular weight excluding hydrogens is 217 g/mol. The van der Waals surface area contributed by atoms with Gasteiger partial charge in [0, 0.05) is 0 Å². The van der Waals surface area contributed by atoms with Crippen LogP contribution in [0.15, 0.2) is 22.8 Å². The first-order valence-electron chi connectivity index (χ1n) is 4.09. The molecule has 0 N–H and O–H groups in total. The van der Waals surface area contributed by atoms with Crippen LogP contribution in [0.1, 0.15) is 13.3 Å². The quantitative estimate of drug-likeness (QED) is 0.411. The maximum atomic E-state index is 12.5. The average Bonchev–Trinajstić information content (AvgIpc) is 2.17. The summed E-state index contributed by atoms with van der Waals surface area (Å²) in [5.74, 6) is 1.83. The fraction of sp³-hybridized carbons (Fsp3) is 0.273. The molecule has 0 rings (SSSR count). The first kappa shape index (κ1) is 13.8. The molecular formula is C11H7F3N2. The summed E-state index contributed by atoms with van der Waals surface area (Å²) in [6, 6.07) is 3.07. The third-order valence-corrected chi connectivity index (χ3v) is 1.67. The van der Waals surface area contributed by atoms with Gasteiger partial charge in [0.2, 0.25) is 0 Å². The van der Waals surface area contributed by atoms with Crippen LogP contribution in [0.25, 0.3) is 0 Å². The van der Waals surface area contributed by atoms with Crippen molar-refractivity contribution in [3.8, 4) is 24.5 Å². The molecule has 5 heteroatoms. The van der Waals surface area contributed by atoms with Crippen molar-refractivity contribution in [2.45, 2.75) is 19.5 Å². The van der Waals surface area contributed by atoms with E-state index in [4.69, 9.17) is 16.9 Å². The van der Waals surface area contributed by atoms with Gasteiger partial charge < -0.3 is 0 Å². The number of halogens is 3. The summed E-state index contributed by atoms with van der Waals surface area (Å²) in [7, 11) is 0. The summed E-state index contributed by atoms with van der Waals surface area (Å²) in [6.45, 7) is 1.17. The minimum Gasteiger partial charge on any atom is -0.198 e. The molecule has 0 aromatic carbocycles. The Bertz CT molecular complexity index is 432. The molecule has 16 heavy (non-hydrogen) atoms. The van der Waals surface area contributed by atoms with Crippen molar-refractivity contribution >= 4 is 0 Å². The highest BCUT2D eigenvalue weighted by molar-refractivity contribution is 5.46. The lowest BCUT2D eigenvalue weighted by Gasteiger charge is -2.10. The highest BCUT2D eigenvalue weighted by Gasteiger charge is 2.33. The second-order valence-corrected chi connectivity index (χ2v) is 2.84. The van der Waals surface area contributed by atoms with Gasteiger partial charge in [-0.25, -0.2) is 0 Å². The summed E-state index contributed by atoms with van der Waals surface area (Å²) < 4.78 is 37.6. The Labute approximate surface area is 91.3 Å². The Kier molecular flexibility index (Phi) is 4.86. The Morgan fingerprint density at radius 1 is 1.38 bits per heavy atom. The normalized spacial score (nSPS) is 13.2. The first-order valence-corrected chi connectivity index (χ1v) is 4.09. The van der Waals surface area contributed by atoms with Crippen molar-refractivity contribution in [1.82, 2.24) is 0 Å². The van der Waals surface area contributed by atoms with Crippen LogP contribution in [0, 0.1) is 35.0 Å². The van der Waals surface area contributed by atoms with Gasteiger partial charge in [-0.15, -0.1) is 6.42 Å². The number of alkyl halides is 3. The molecule has 0 fully saturated rings. The molecule has 0 aliphatic heterocycles. The predicted molar refractivity (Wildman–Crippen MR) is 51.5 cm³/mol. The van der Waals surface area contributed by atoms with Gasteiger partial charge in [0.25, 0.3) is 0 Å². The summed E-state index contributed by atoms with van der Waals surface area (Å²) >= 11 is 0. The van der Waals surface area contributed by atoms with E-state index in [0.29, 0.717) is 6.08 Å². The molecule has 0 bridgehead atoms. The lowest BCUT2D eigenvalue weighted by atomic mass is 10.0. The monoisotopic (exact) mass is 224 g/mol. The molecule has 0 aromatic heterocycles. The summed E-state index contributed by atoms with van der Waals surface area (Å²) in [4.78, 5) is 0. The Morgan fingerprint density at radius 2 is 1.94 bits per heavy atom. The summed E-state index contributed by atoms with van der Waals surface area (Å²) in [5, 5.41) is 16.8. The Morgan fingerprint density at radius 3 is 2.25 bits per heavy atom. The highest BCUT2D eigenvalue weighted by atomic mass is 19.4. The van der Waals surface area contributed by atoms with Crippen LogP contribution < -0.4 is 0 Å². The van der Waals surface area contributed by atoms with Crippen molar-refractivity contribution in [3.63, 3.8) is 0 Å². The lowest BCUT2D eigenvalue weighted by molar-refractivity contribution is -0.0890. The maximum absolute atomic E-state index is 12.5. The predicted octanol–water partition coefficient (Wildman–Crippen LogP) is 2.86. The number of hydrogen-bond donors (Lipinski definition) is 0. The van der Waals surface area contributed by atoms with Crippen LogP contribution >= 0.6 is 0 Å². The fourth-order valence-electron chi connectivity index (χ4n) is 0.911. The molecule has 0 saturated carbocycles. The highest BCUT2D eigenvalue weighted by Crippen LogP contribution is 2.30. The van der Waals surface area contributed by atoms with Gasteiger partial charge in [-0.3, -0.25) is 0 Å². The van der Waals surface area contributed by atoms with E-state index < -0.39 is 17.3 Å². The number of allylic oxidation sites excluding steroid dienone is 4. The largest absolute Gasteiger partial charge is 0.416 e. The van der Waals surface area contributed by atoms with E-state index in [9.17, 15) is 13.2 Å². The molecule has 0 unspecified atom stereocenters. The topological polar surface area (TPSA) is 47.6 Å². The van der Waals surface area contributed by atoms with Gasteiger partial charge in [-0.1, -0.05) is 5.92 Å². The molecule has 0 aliphatic rings. The zero-order valence-electron chi connectivity index (χ0n) is 8.39. The van der Waals surface area contributed by atoms with Crippen LogP contribution in [0.4, 0.5) is 13.2 Å². The molecule has 2 nitrogen and oxygen atoms in total. The molecule has 0 spiro atoms. The van der Waals surface area contributed by atoms with Crippen LogP contribution in [0.2, 0.25) is 0 Å². The van der Waals surface area contributed by atoms with Crippen LogP contribution in [-0.4, -0.2) is 6.18 Å². The van der Waals surface area contributed by atoms with Gasteiger partial charge in [0.15, 0.2) is 0 Å². The van der Waals surface area contributed by atoms with E-state index in [2.05, 4.69) is 0 Å². The van der Waals surface area contributed by atoms with E-state index >= 15 is 0 Å². The molecule has 0 atom stereocenters.